The van der Waals surface area contributed by atoms with Gasteiger partial charge in [-0.3, -0.25) is 9.59 Å². The number of anilines is 2. The first kappa shape index (κ1) is 22.6. The van der Waals surface area contributed by atoms with Gasteiger partial charge in [0.25, 0.3) is 5.91 Å². The summed E-state index contributed by atoms with van der Waals surface area (Å²) in [6.45, 7) is 1.29. The maximum absolute atomic E-state index is 12.1. The van der Waals surface area contributed by atoms with Crippen molar-refractivity contribution in [2.75, 3.05) is 43.6 Å². The zero-order valence-electron chi connectivity index (χ0n) is 17.1. The molecular weight excluding hydrogens is 384 g/mol. The van der Waals surface area contributed by atoms with Crippen molar-refractivity contribution in [1.29, 1.82) is 0 Å². The lowest BCUT2D eigenvalue weighted by Crippen LogP contribution is -2.27. The molecule has 0 aliphatic rings. The molecule has 0 unspecified atom stereocenters. The van der Waals surface area contributed by atoms with Gasteiger partial charge in [0.1, 0.15) is 0 Å². The Hall–Kier alpha value is -2.67. The largest absolute Gasteiger partial charge is 0.399 e. The zero-order chi connectivity index (χ0) is 21.1. The van der Waals surface area contributed by atoms with E-state index < -0.39 is 0 Å². The summed E-state index contributed by atoms with van der Waals surface area (Å²) in [5, 5.41) is 5.87. The van der Waals surface area contributed by atoms with E-state index in [0.717, 1.165) is 35.5 Å². The predicted octanol–water partition coefficient (Wildman–Crippen LogP) is 3.14. The Kier molecular flexibility index (Phi) is 9.37. The second-order valence-corrected chi connectivity index (χ2v) is 8.01. The highest BCUT2D eigenvalue weighted by Crippen LogP contribution is 2.18. The van der Waals surface area contributed by atoms with Crippen molar-refractivity contribution in [1.82, 2.24) is 10.6 Å². The molecule has 0 bridgehead atoms. The summed E-state index contributed by atoms with van der Waals surface area (Å²) in [5.41, 5.74) is 8.10. The molecule has 0 fully saturated rings. The van der Waals surface area contributed by atoms with E-state index in [-0.39, 0.29) is 11.8 Å². The van der Waals surface area contributed by atoms with E-state index in [1.54, 1.807) is 0 Å². The second kappa shape index (κ2) is 12.0. The van der Waals surface area contributed by atoms with Gasteiger partial charge in [-0.15, -0.1) is 11.8 Å². The van der Waals surface area contributed by atoms with Crippen molar-refractivity contribution < 1.29 is 9.59 Å². The van der Waals surface area contributed by atoms with Gasteiger partial charge in [-0.05, 0) is 67.8 Å². The van der Waals surface area contributed by atoms with Crippen LogP contribution in [0.15, 0.2) is 53.4 Å². The number of amides is 2. The van der Waals surface area contributed by atoms with E-state index in [1.165, 1.54) is 11.8 Å². The van der Waals surface area contributed by atoms with Crippen LogP contribution in [-0.2, 0) is 4.79 Å². The Morgan fingerprint density at radius 2 is 1.52 bits per heavy atom. The average molecular weight is 415 g/mol. The van der Waals surface area contributed by atoms with Crippen molar-refractivity contribution in [3.05, 3.63) is 54.1 Å². The molecule has 0 atom stereocenters. The number of hydrogen-bond donors (Lipinski definition) is 3. The molecule has 156 valence electrons. The molecule has 0 saturated carbocycles. The third-order valence-corrected chi connectivity index (χ3v) is 5.37. The van der Waals surface area contributed by atoms with Gasteiger partial charge >= 0.3 is 0 Å². The highest BCUT2D eigenvalue weighted by Gasteiger charge is 2.05. The molecule has 2 amide bonds. The first-order chi connectivity index (χ1) is 14.0. The van der Waals surface area contributed by atoms with Gasteiger partial charge in [0.15, 0.2) is 0 Å². The molecule has 2 rings (SSSR count). The molecule has 4 N–H and O–H groups in total. The summed E-state index contributed by atoms with van der Waals surface area (Å²) < 4.78 is 0. The first-order valence-electron chi connectivity index (χ1n) is 9.76. The SMILES string of the molecule is CN(C)c1ccc(C(=O)NCCCCCNC(=O)CSc2ccc(N)cc2)cc1. The van der Waals surface area contributed by atoms with Crippen molar-refractivity contribution >= 4 is 35.0 Å². The minimum atomic E-state index is -0.0525. The number of carbonyl (C=O) groups excluding carboxylic acids is 2. The van der Waals surface area contributed by atoms with Crippen molar-refractivity contribution in [3.63, 3.8) is 0 Å². The minimum absolute atomic E-state index is 0.0290. The van der Waals surface area contributed by atoms with Crippen LogP contribution in [0.1, 0.15) is 29.6 Å². The van der Waals surface area contributed by atoms with Crippen molar-refractivity contribution in [3.8, 4) is 0 Å². The molecule has 0 heterocycles. The summed E-state index contributed by atoms with van der Waals surface area (Å²) in [7, 11) is 3.94. The van der Waals surface area contributed by atoms with Gasteiger partial charge in [-0.1, -0.05) is 0 Å². The topological polar surface area (TPSA) is 87.5 Å². The fourth-order valence-corrected chi connectivity index (χ4v) is 3.36. The third-order valence-electron chi connectivity index (χ3n) is 4.36. The second-order valence-electron chi connectivity index (χ2n) is 6.97. The number of nitrogen functional groups attached to an aromatic ring is 1. The number of carbonyl (C=O) groups is 2. The number of rotatable bonds is 11. The molecule has 0 aliphatic heterocycles. The minimum Gasteiger partial charge on any atom is -0.399 e. The Morgan fingerprint density at radius 1 is 0.897 bits per heavy atom. The maximum Gasteiger partial charge on any atom is 0.251 e. The smallest absolute Gasteiger partial charge is 0.251 e. The summed E-state index contributed by atoms with van der Waals surface area (Å²) in [6.07, 6.45) is 2.73. The van der Waals surface area contributed by atoms with E-state index >= 15 is 0 Å². The van der Waals surface area contributed by atoms with Crippen LogP contribution in [0.25, 0.3) is 0 Å². The number of nitrogens with two attached hydrogens (primary N) is 1. The summed E-state index contributed by atoms with van der Waals surface area (Å²) in [5.74, 6) is 0.372. The van der Waals surface area contributed by atoms with Crippen LogP contribution in [0, 0.1) is 0 Å². The maximum atomic E-state index is 12.1. The van der Waals surface area contributed by atoms with Crippen LogP contribution in [0.2, 0.25) is 0 Å². The zero-order valence-corrected chi connectivity index (χ0v) is 17.9. The number of nitrogens with one attached hydrogen (secondary N) is 2. The first-order valence-corrected chi connectivity index (χ1v) is 10.7. The number of thioether (sulfide) groups is 1. The molecule has 2 aromatic carbocycles. The highest BCUT2D eigenvalue weighted by atomic mass is 32.2. The molecule has 0 spiro atoms. The van der Waals surface area contributed by atoms with E-state index in [9.17, 15) is 9.59 Å². The molecule has 6 nitrogen and oxygen atoms in total. The summed E-state index contributed by atoms with van der Waals surface area (Å²) in [4.78, 5) is 27.0. The Labute approximate surface area is 177 Å². The number of unbranched alkanes of at least 4 members (excludes halogenated alkanes) is 2. The molecule has 0 aliphatic carbocycles. The van der Waals surface area contributed by atoms with Crippen LogP contribution in [-0.4, -0.2) is 44.8 Å². The molecule has 0 radical (unpaired) electrons. The van der Waals surface area contributed by atoms with E-state index in [2.05, 4.69) is 10.6 Å². The molecule has 7 heteroatoms. The molecule has 29 heavy (non-hydrogen) atoms. The molecule has 0 saturated heterocycles. The van der Waals surface area contributed by atoms with Crippen LogP contribution in [0.3, 0.4) is 0 Å². The molecule has 0 aromatic heterocycles. The monoisotopic (exact) mass is 414 g/mol. The predicted molar refractivity (Wildman–Crippen MR) is 122 cm³/mol. The number of hydrogen-bond acceptors (Lipinski definition) is 5. The van der Waals surface area contributed by atoms with E-state index in [1.807, 2.05) is 67.5 Å². The Morgan fingerprint density at radius 3 is 2.14 bits per heavy atom. The third kappa shape index (κ3) is 8.48. The van der Waals surface area contributed by atoms with Gasteiger partial charge < -0.3 is 21.3 Å². The quantitative estimate of drug-likeness (QED) is 0.299. The normalized spacial score (nSPS) is 10.4. The van der Waals surface area contributed by atoms with Gasteiger partial charge in [-0.25, -0.2) is 0 Å². The fourth-order valence-electron chi connectivity index (χ4n) is 2.63. The summed E-state index contributed by atoms with van der Waals surface area (Å²) >= 11 is 1.49. The highest BCUT2D eigenvalue weighted by molar-refractivity contribution is 8.00. The van der Waals surface area contributed by atoms with Crippen LogP contribution >= 0.6 is 11.8 Å². The van der Waals surface area contributed by atoms with Crippen molar-refractivity contribution in [2.24, 2.45) is 0 Å². The van der Waals surface area contributed by atoms with E-state index in [0.29, 0.717) is 24.4 Å². The van der Waals surface area contributed by atoms with Gasteiger partial charge in [-0.2, -0.15) is 0 Å². The van der Waals surface area contributed by atoms with Crippen LogP contribution in [0.5, 0.6) is 0 Å². The number of benzene rings is 2. The van der Waals surface area contributed by atoms with Crippen molar-refractivity contribution in [2.45, 2.75) is 24.2 Å². The lowest BCUT2D eigenvalue weighted by molar-refractivity contribution is -0.118. The standard InChI is InChI=1S/C22H30N4O2S/c1-26(2)19-10-6-17(7-11-19)22(28)25-15-5-3-4-14-24-21(27)16-29-20-12-8-18(23)9-13-20/h6-13H,3-5,14-16,23H2,1-2H3,(H,24,27)(H,25,28). The summed E-state index contributed by atoms with van der Waals surface area (Å²) in [6, 6.07) is 15.0. The van der Waals surface area contributed by atoms with Gasteiger partial charge in [0, 0.05) is 49.0 Å². The average Bonchev–Trinajstić information content (AvgIpc) is 2.72. The molecule has 2 aromatic rings. The van der Waals surface area contributed by atoms with Gasteiger partial charge in [0.2, 0.25) is 5.91 Å². The Bertz CT molecular complexity index is 776. The Balaban J connectivity index is 1.51. The van der Waals surface area contributed by atoms with E-state index in [4.69, 9.17) is 5.73 Å². The lowest BCUT2D eigenvalue weighted by Gasteiger charge is -2.12. The fraction of sp³-hybridized carbons (Fsp3) is 0.364. The van der Waals surface area contributed by atoms with Gasteiger partial charge in [0.05, 0.1) is 5.75 Å². The molecular formula is C22H30N4O2S. The lowest BCUT2D eigenvalue weighted by atomic mass is 10.2. The van der Waals surface area contributed by atoms with Crippen LogP contribution < -0.4 is 21.3 Å². The number of nitrogens with zero attached hydrogens (tertiary/aromatic N) is 1. The van der Waals surface area contributed by atoms with Crippen LogP contribution in [0.4, 0.5) is 11.4 Å².